The summed E-state index contributed by atoms with van der Waals surface area (Å²) in [5.41, 5.74) is 0.660. The van der Waals surface area contributed by atoms with E-state index in [9.17, 15) is 9.90 Å². The Balaban J connectivity index is 1.91. The summed E-state index contributed by atoms with van der Waals surface area (Å²) in [5, 5.41) is 10.2. The maximum Gasteiger partial charge on any atom is 0.254 e. The number of methoxy groups -OCH3 is 1. The third kappa shape index (κ3) is 7.85. The first-order valence-corrected chi connectivity index (χ1v) is 9.96. The minimum atomic E-state index is -0.531. The van der Waals surface area contributed by atoms with E-state index in [-0.39, 0.29) is 18.1 Å². The van der Waals surface area contributed by atoms with Crippen LogP contribution in [0.5, 0.6) is 0 Å². The minimum absolute atomic E-state index is 0.0243. The first-order chi connectivity index (χ1) is 13.5. The number of amides is 1. The number of nitrogens with zero attached hydrogens (tertiary/aromatic N) is 2. The number of aliphatic hydroxyl groups excluding tert-OH is 1. The molecule has 1 heterocycles. The zero-order chi connectivity index (χ0) is 20.4. The minimum Gasteiger partial charge on any atom is -0.389 e. The van der Waals surface area contributed by atoms with Crippen molar-refractivity contribution < 1.29 is 24.1 Å². The van der Waals surface area contributed by atoms with Crippen molar-refractivity contribution in [3.8, 4) is 0 Å². The number of β-amino-alcohol motifs (C(OH)–C–C–N with tert-alkyl or cyclic N) is 1. The van der Waals surface area contributed by atoms with Gasteiger partial charge in [-0.25, -0.2) is 0 Å². The molecule has 1 saturated heterocycles. The average molecular weight is 395 g/mol. The van der Waals surface area contributed by atoms with Crippen molar-refractivity contribution in [2.45, 2.75) is 32.2 Å². The number of carbonyl (C=O) groups excluding carboxylic acids is 1. The van der Waals surface area contributed by atoms with Crippen LogP contribution in [-0.2, 0) is 14.2 Å². The van der Waals surface area contributed by atoms with E-state index >= 15 is 0 Å². The van der Waals surface area contributed by atoms with E-state index in [2.05, 4.69) is 4.90 Å². The number of aliphatic hydroxyl groups is 1. The lowest BCUT2D eigenvalue weighted by Crippen LogP contribution is -2.51. The van der Waals surface area contributed by atoms with Crippen molar-refractivity contribution in [3.05, 3.63) is 35.9 Å². The standard InChI is InChI=1S/C21H34N2O5/c1-17(2)28-16-19(24)13-22-9-12-27-20(14-22)15-23(10-11-26-3)21(25)18-7-5-4-6-8-18/h4-8,17,19-20,24H,9-16H2,1-3H3/t19-,20-/m0/s1. The van der Waals surface area contributed by atoms with Crippen LogP contribution in [-0.4, -0.2) is 98.8 Å². The summed E-state index contributed by atoms with van der Waals surface area (Å²) in [7, 11) is 1.63. The first-order valence-electron chi connectivity index (χ1n) is 9.96. The summed E-state index contributed by atoms with van der Waals surface area (Å²) < 4.78 is 16.6. The van der Waals surface area contributed by atoms with E-state index in [1.807, 2.05) is 44.2 Å². The lowest BCUT2D eigenvalue weighted by molar-refractivity contribution is -0.0634. The highest BCUT2D eigenvalue weighted by molar-refractivity contribution is 5.94. The lowest BCUT2D eigenvalue weighted by atomic mass is 10.1. The Bertz CT molecular complexity index is 569. The molecule has 7 nitrogen and oxygen atoms in total. The van der Waals surface area contributed by atoms with Gasteiger partial charge in [0.05, 0.1) is 38.1 Å². The highest BCUT2D eigenvalue weighted by Gasteiger charge is 2.26. The van der Waals surface area contributed by atoms with Gasteiger partial charge in [0.2, 0.25) is 0 Å². The van der Waals surface area contributed by atoms with Gasteiger partial charge in [0, 0.05) is 45.4 Å². The molecule has 1 aromatic rings. The van der Waals surface area contributed by atoms with Crippen molar-refractivity contribution in [3.63, 3.8) is 0 Å². The van der Waals surface area contributed by atoms with Crippen molar-refractivity contribution in [2.24, 2.45) is 0 Å². The molecule has 2 atom stereocenters. The summed E-state index contributed by atoms with van der Waals surface area (Å²) in [6.07, 6.45) is -0.529. The van der Waals surface area contributed by atoms with E-state index in [0.717, 1.165) is 6.54 Å². The first kappa shape index (κ1) is 22.8. The molecule has 0 radical (unpaired) electrons. The van der Waals surface area contributed by atoms with Crippen molar-refractivity contribution in [1.29, 1.82) is 0 Å². The second kappa shape index (κ2) is 12.1. The molecule has 0 saturated carbocycles. The zero-order valence-electron chi connectivity index (χ0n) is 17.3. The van der Waals surface area contributed by atoms with Gasteiger partial charge < -0.3 is 24.2 Å². The molecular weight excluding hydrogens is 360 g/mol. The van der Waals surface area contributed by atoms with Crippen LogP contribution < -0.4 is 0 Å². The number of carbonyl (C=O) groups is 1. The summed E-state index contributed by atoms with van der Waals surface area (Å²) in [5.74, 6) is -0.0243. The van der Waals surface area contributed by atoms with Crippen LogP contribution in [0.2, 0.25) is 0 Å². The number of hydrogen-bond donors (Lipinski definition) is 1. The van der Waals surface area contributed by atoms with Crippen LogP contribution in [0.15, 0.2) is 30.3 Å². The van der Waals surface area contributed by atoms with Crippen LogP contribution in [0.25, 0.3) is 0 Å². The van der Waals surface area contributed by atoms with Crippen LogP contribution >= 0.6 is 0 Å². The van der Waals surface area contributed by atoms with Gasteiger partial charge in [-0.15, -0.1) is 0 Å². The van der Waals surface area contributed by atoms with Crippen LogP contribution in [0.1, 0.15) is 24.2 Å². The predicted molar refractivity (Wildman–Crippen MR) is 107 cm³/mol. The van der Waals surface area contributed by atoms with E-state index in [1.54, 1.807) is 12.0 Å². The van der Waals surface area contributed by atoms with E-state index in [1.165, 1.54) is 0 Å². The second-order valence-electron chi connectivity index (χ2n) is 7.40. The van der Waals surface area contributed by atoms with Crippen LogP contribution in [0.4, 0.5) is 0 Å². The summed E-state index contributed by atoms with van der Waals surface area (Å²) in [6, 6.07) is 9.26. The molecule has 1 fully saturated rings. The fourth-order valence-corrected chi connectivity index (χ4v) is 3.20. The maximum atomic E-state index is 12.9. The van der Waals surface area contributed by atoms with Crippen molar-refractivity contribution >= 4 is 5.91 Å². The number of benzene rings is 1. The topological polar surface area (TPSA) is 71.5 Å². The molecule has 0 unspecified atom stereocenters. The molecule has 28 heavy (non-hydrogen) atoms. The monoisotopic (exact) mass is 394 g/mol. The molecular formula is C21H34N2O5. The second-order valence-corrected chi connectivity index (χ2v) is 7.40. The molecule has 1 aromatic carbocycles. The fraction of sp³-hybridized carbons (Fsp3) is 0.667. The van der Waals surface area contributed by atoms with Crippen molar-refractivity contribution in [1.82, 2.24) is 9.80 Å². The van der Waals surface area contributed by atoms with Gasteiger partial charge in [-0.1, -0.05) is 18.2 Å². The quantitative estimate of drug-likeness (QED) is 0.609. The fourth-order valence-electron chi connectivity index (χ4n) is 3.20. The van der Waals surface area contributed by atoms with E-state index in [0.29, 0.717) is 51.6 Å². The molecule has 158 valence electrons. The number of rotatable bonds is 11. The summed E-state index contributed by atoms with van der Waals surface area (Å²) >= 11 is 0. The van der Waals surface area contributed by atoms with Gasteiger partial charge in [0.1, 0.15) is 0 Å². The Kier molecular flexibility index (Phi) is 9.87. The predicted octanol–water partition coefficient (Wildman–Crippen LogP) is 1.26. The van der Waals surface area contributed by atoms with Crippen LogP contribution in [0, 0.1) is 0 Å². The highest BCUT2D eigenvalue weighted by atomic mass is 16.5. The Morgan fingerprint density at radius 2 is 2.11 bits per heavy atom. The van der Waals surface area contributed by atoms with Gasteiger partial charge in [-0.05, 0) is 26.0 Å². The zero-order valence-corrected chi connectivity index (χ0v) is 17.3. The maximum absolute atomic E-state index is 12.9. The van der Waals surface area contributed by atoms with Crippen LogP contribution in [0.3, 0.4) is 0 Å². The van der Waals surface area contributed by atoms with Crippen molar-refractivity contribution in [2.75, 3.05) is 59.7 Å². The molecule has 0 bridgehead atoms. The third-order valence-electron chi connectivity index (χ3n) is 4.61. The summed E-state index contributed by atoms with van der Waals surface area (Å²) in [4.78, 5) is 16.8. The highest BCUT2D eigenvalue weighted by Crippen LogP contribution is 2.11. The Labute approximate surface area is 168 Å². The van der Waals surface area contributed by atoms with Gasteiger partial charge in [0.15, 0.2) is 0 Å². The molecule has 0 aromatic heterocycles. The van der Waals surface area contributed by atoms with E-state index < -0.39 is 6.10 Å². The normalized spacial score (nSPS) is 19.0. The third-order valence-corrected chi connectivity index (χ3v) is 4.61. The molecule has 0 aliphatic carbocycles. The van der Waals surface area contributed by atoms with Gasteiger partial charge in [-0.2, -0.15) is 0 Å². The summed E-state index contributed by atoms with van der Waals surface area (Å²) in [6.45, 7) is 8.26. The lowest BCUT2D eigenvalue weighted by Gasteiger charge is -2.36. The van der Waals surface area contributed by atoms with E-state index in [4.69, 9.17) is 14.2 Å². The molecule has 1 aliphatic heterocycles. The van der Waals surface area contributed by atoms with Gasteiger partial charge in [0.25, 0.3) is 5.91 Å². The SMILES string of the molecule is COCCN(C[C@@H]1CN(C[C@H](O)COC(C)C)CCO1)C(=O)c1ccccc1. The average Bonchev–Trinajstić information content (AvgIpc) is 2.70. The largest absolute Gasteiger partial charge is 0.389 e. The molecule has 1 aliphatic rings. The van der Waals surface area contributed by atoms with Gasteiger partial charge >= 0.3 is 0 Å². The van der Waals surface area contributed by atoms with Gasteiger partial charge in [-0.3, -0.25) is 9.69 Å². The number of morpholine rings is 1. The molecule has 7 heteroatoms. The molecule has 0 spiro atoms. The number of ether oxygens (including phenoxy) is 3. The Morgan fingerprint density at radius 3 is 2.79 bits per heavy atom. The smallest absolute Gasteiger partial charge is 0.254 e. The molecule has 1 N–H and O–H groups in total. The molecule has 1 amide bonds. The Hall–Kier alpha value is -1.51. The molecule has 2 rings (SSSR count). The Morgan fingerprint density at radius 1 is 1.36 bits per heavy atom. The number of hydrogen-bond acceptors (Lipinski definition) is 6.